The van der Waals surface area contributed by atoms with E-state index in [2.05, 4.69) is 45.7 Å². The van der Waals surface area contributed by atoms with E-state index in [4.69, 9.17) is 39.4 Å². The van der Waals surface area contributed by atoms with E-state index in [-0.39, 0.29) is 6.61 Å². The van der Waals surface area contributed by atoms with Gasteiger partial charge in [-0.3, -0.25) is 10.6 Å². The van der Waals surface area contributed by atoms with E-state index in [0.29, 0.717) is 82.4 Å². The summed E-state index contributed by atoms with van der Waals surface area (Å²) in [5.74, 6) is 2.28. The van der Waals surface area contributed by atoms with Gasteiger partial charge in [0.25, 0.3) is 0 Å². The molecule has 0 spiro atoms. The van der Waals surface area contributed by atoms with E-state index in [1.165, 1.54) is 0 Å². The second-order valence-electron chi connectivity index (χ2n) is 15.7. The lowest BCUT2D eigenvalue weighted by atomic mass is 10.2. The molecular formula is C47H56N12O4. The highest BCUT2D eigenvalue weighted by Gasteiger charge is 2.18. The van der Waals surface area contributed by atoms with E-state index in [0.717, 1.165) is 44.1 Å². The highest BCUT2D eigenvalue weighted by Crippen LogP contribution is 2.27. The number of ether oxygens (including phenoxy) is 2. The number of nitrogens with zero attached hydrogens (tertiary/aromatic N) is 6. The topological polar surface area (TPSA) is 202 Å². The third kappa shape index (κ3) is 14.9. The third-order valence-electron chi connectivity index (χ3n) is 9.12. The van der Waals surface area contributed by atoms with Gasteiger partial charge in [0.1, 0.15) is 12.2 Å². The highest BCUT2D eigenvalue weighted by molar-refractivity contribution is 5.86. The van der Waals surface area contributed by atoms with E-state index < -0.39 is 17.8 Å². The number of hydrogen-bond donors (Lipinski definition) is 6. The quantitative estimate of drug-likeness (QED) is 0.0396. The minimum atomic E-state index is -0.641. The van der Waals surface area contributed by atoms with Gasteiger partial charge in [-0.15, -0.1) is 0 Å². The van der Waals surface area contributed by atoms with Gasteiger partial charge in [0.05, 0.1) is 0 Å². The number of unbranched alkanes of at least 4 members (excludes halogenated alkanes) is 4. The first-order chi connectivity index (χ1) is 30.5. The average molecular weight is 853 g/mol. The number of anilines is 8. The Bertz CT molecular complexity index is 2430. The van der Waals surface area contributed by atoms with Gasteiger partial charge in [0.2, 0.25) is 23.8 Å². The van der Waals surface area contributed by atoms with Crippen LogP contribution in [0.15, 0.2) is 103 Å². The summed E-state index contributed by atoms with van der Waals surface area (Å²) >= 11 is 0. The average Bonchev–Trinajstić information content (AvgIpc) is 3.26. The van der Waals surface area contributed by atoms with Crippen molar-refractivity contribution in [2.45, 2.75) is 85.4 Å². The SMILES string of the molecule is CCCCCNc1nc(Nc2cccc(Nc3nc(NCCCCC)nc(-c4cccc(NC(=O)OC(C)(C)C)c4)n3)c2)nc(-c2cccc(NC(=O)OCc3ccccc3)c2)n1. The first-order valence-electron chi connectivity index (χ1n) is 21.3. The lowest BCUT2D eigenvalue weighted by molar-refractivity contribution is 0.0636. The highest BCUT2D eigenvalue weighted by atomic mass is 16.6. The molecule has 63 heavy (non-hydrogen) atoms. The fourth-order valence-electron chi connectivity index (χ4n) is 6.13. The predicted octanol–water partition coefficient (Wildman–Crippen LogP) is 11.2. The smallest absolute Gasteiger partial charge is 0.412 e. The monoisotopic (exact) mass is 852 g/mol. The van der Waals surface area contributed by atoms with Crippen LogP contribution in [0.2, 0.25) is 0 Å². The first-order valence-corrected chi connectivity index (χ1v) is 21.3. The standard InChI is InChI=1S/C47H56N12O4/c1-6-8-13-26-48-41-54-39(33-20-15-22-35(28-33)52-45(60)62-31-32-18-11-10-12-19-32)56-43(58-41)50-37-24-17-25-38(30-37)51-44-57-40(55-42(59-44)49-27-14-9-7-2)34-21-16-23-36(29-34)53-46(61)63-47(3,4)5/h10-12,15-25,28-30H,6-9,13-14,26-27,31H2,1-5H3,(H,52,60)(H,53,61)(H2,48,50,54,56,58)(H2,49,51,55,57,59). The van der Waals surface area contributed by atoms with E-state index >= 15 is 0 Å². The molecule has 0 aliphatic carbocycles. The first kappa shape index (κ1) is 45.2. The zero-order chi connectivity index (χ0) is 44.4. The van der Waals surface area contributed by atoms with Crippen molar-refractivity contribution in [2.75, 3.05) is 45.0 Å². The lowest BCUT2D eigenvalue weighted by Gasteiger charge is -2.19. The Morgan fingerprint density at radius 2 is 1.00 bits per heavy atom. The van der Waals surface area contributed by atoms with Gasteiger partial charge in [-0.1, -0.05) is 100 Å². The molecule has 0 unspecified atom stereocenters. The number of carbonyl (C=O) groups is 2. The molecule has 16 heteroatoms. The molecule has 0 saturated carbocycles. The fraction of sp³-hybridized carbons (Fsp3) is 0.319. The maximum absolute atomic E-state index is 12.7. The van der Waals surface area contributed by atoms with Crippen LogP contribution in [0.3, 0.4) is 0 Å². The number of amides is 2. The molecule has 0 atom stereocenters. The van der Waals surface area contributed by atoms with Crippen molar-refractivity contribution in [2.24, 2.45) is 0 Å². The summed E-state index contributed by atoms with van der Waals surface area (Å²) in [6, 6.07) is 31.6. The van der Waals surface area contributed by atoms with Gasteiger partial charge in [0, 0.05) is 47.0 Å². The minimum Gasteiger partial charge on any atom is -0.444 e. The van der Waals surface area contributed by atoms with Crippen LogP contribution in [0.4, 0.5) is 56.1 Å². The molecule has 0 saturated heterocycles. The molecular weight excluding hydrogens is 797 g/mol. The number of rotatable bonds is 20. The maximum Gasteiger partial charge on any atom is 0.412 e. The van der Waals surface area contributed by atoms with Gasteiger partial charge >= 0.3 is 12.2 Å². The normalized spacial score (nSPS) is 11.0. The van der Waals surface area contributed by atoms with Gasteiger partial charge in [-0.2, -0.15) is 29.9 Å². The number of aromatic nitrogens is 6. The van der Waals surface area contributed by atoms with Crippen molar-refractivity contribution in [3.63, 3.8) is 0 Å². The Morgan fingerprint density at radius 3 is 1.51 bits per heavy atom. The summed E-state index contributed by atoms with van der Waals surface area (Å²) in [7, 11) is 0. The fourth-order valence-corrected chi connectivity index (χ4v) is 6.13. The van der Waals surface area contributed by atoms with E-state index in [1.807, 2.05) is 99.6 Å². The third-order valence-corrected chi connectivity index (χ3v) is 9.12. The largest absolute Gasteiger partial charge is 0.444 e. The predicted molar refractivity (Wildman–Crippen MR) is 250 cm³/mol. The Hall–Kier alpha value is -7.36. The van der Waals surface area contributed by atoms with Gasteiger partial charge in [0.15, 0.2) is 11.6 Å². The summed E-state index contributed by atoms with van der Waals surface area (Å²) < 4.78 is 10.9. The summed E-state index contributed by atoms with van der Waals surface area (Å²) in [4.78, 5) is 53.6. The molecule has 2 amide bonds. The van der Waals surface area contributed by atoms with Crippen molar-refractivity contribution >= 4 is 58.7 Å². The van der Waals surface area contributed by atoms with Crippen molar-refractivity contribution in [1.82, 2.24) is 29.9 Å². The molecule has 0 aliphatic rings. The van der Waals surface area contributed by atoms with E-state index in [1.54, 1.807) is 24.3 Å². The molecule has 328 valence electrons. The molecule has 2 aromatic heterocycles. The molecule has 16 nitrogen and oxygen atoms in total. The van der Waals surface area contributed by atoms with Crippen molar-refractivity contribution in [1.29, 1.82) is 0 Å². The van der Waals surface area contributed by atoms with Gasteiger partial charge in [-0.25, -0.2) is 9.59 Å². The van der Waals surface area contributed by atoms with Crippen LogP contribution in [-0.2, 0) is 16.1 Å². The van der Waals surface area contributed by atoms with Crippen LogP contribution in [0.5, 0.6) is 0 Å². The van der Waals surface area contributed by atoms with Crippen LogP contribution in [-0.4, -0.2) is 60.8 Å². The molecule has 6 aromatic rings. The number of carbonyl (C=O) groups excluding carboxylic acids is 2. The Morgan fingerprint density at radius 1 is 0.524 bits per heavy atom. The molecule has 0 fully saturated rings. The van der Waals surface area contributed by atoms with Crippen molar-refractivity contribution in [3.8, 4) is 22.8 Å². The Balaban J connectivity index is 1.22. The molecule has 0 aliphatic heterocycles. The maximum atomic E-state index is 12.7. The second-order valence-corrected chi connectivity index (χ2v) is 15.7. The zero-order valence-corrected chi connectivity index (χ0v) is 36.5. The molecule has 6 N–H and O–H groups in total. The summed E-state index contributed by atoms with van der Waals surface area (Å²) in [6.07, 6.45) is 5.10. The molecule has 2 heterocycles. The Kier molecular flexibility index (Phi) is 16.1. The number of nitrogens with one attached hydrogen (secondary N) is 6. The lowest BCUT2D eigenvalue weighted by Crippen LogP contribution is -2.27. The summed E-state index contributed by atoms with van der Waals surface area (Å²) in [5.41, 5.74) is 4.05. The second kappa shape index (κ2) is 22.5. The van der Waals surface area contributed by atoms with E-state index in [9.17, 15) is 9.59 Å². The zero-order valence-electron chi connectivity index (χ0n) is 36.5. The summed E-state index contributed by atoms with van der Waals surface area (Å²) in [6.45, 7) is 11.3. The molecule has 0 radical (unpaired) electrons. The van der Waals surface area contributed by atoms with Gasteiger partial charge < -0.3 is 30.7 Å². The number of benzene rings is 4. The van der Waals surface area contributed by atoms with Crippen LogP contribution >= 0.6 is 0 Å². The molecule has 0 bridgehead atoms. The number of hydrogen-bond acceptors (Lipinski definition) is 14. The molecule has 6 rings (SSSR count). The van der Waals surface area contributed by atoms with Crippen LogP contribution in [0.25, 0.3) is 22.8 Å². The van der Waals surface area contributed by atoms with Crippen molar-refractivity contribution in [3.05, 3.63) is 109 Å². The summed E-state index contributed by atoms with van der Waals surface area (Å²) in [5, 5.41) is 19.0. The Labute approximate surface area is 368 Å². The minimum absolute atomic E-state index is 0.151. The molecule has 4 aromatic carbocycles. The van der Waals surface area contributed by atoms with Gasteiger partial charge in [-0.05, 0) is 81.6 Å². The van der Waals surface area contributed by atoms with Crippen LogP contribution in [0, 0.1) is 0 Å². The van der Waals surface area contributed by atoms with Crippen molar-refractivity contribution < 1.29 is 19.1 Å². The van der Waals surface area contributed by atoms with Crippen LogP contribution in [0.1, 0.15) is 78.7 Å². The van der Waals surface area contributed by atoms with Crippen LogP contribution < -0.4 is 31.9 Å².